The number of hydrogen-bond donors (Lipinski definition) is 2. The van der Waals surface area contributed by atoms with Gasteiger partial charge in [-0.05, 0) is 48.2 Å². The maximum atomic E-state index is 12.0. The number of carbonyl (C=O) groups is 1. The van der Waals surface area contributed by atoms with Crippen LogP contribution in [0.1, 0.15) is 23.6 Å². The molecule has 0 fully saturated rings. The Bertz CT molecular complexity index is 675. The van der Waals surface area contributed by atoms with E-state index in [4.69, 9.17) is 11.6 Å². The predicted octanol–water partition coefficient (Wildman–Crippen LogP) is 4.42. The Labute approximate surface area is 145 Å². The average Bonchev–Trinajstić information content (AvgIpc) is 2.96. The van der Waals surface area contributed by atoms with Crippen molar-refractivity contribution in [3.05, 3.63) is 64.7 Å². The number of aryl methyl sites for hydroxylation is 1. The first kappa shape index (κ1) is 16.2. The molecule has 2 aromatic rings. The van der Waals surface area contributed by atoms with Crippen LogP contribution in [0, 0.1) is 0 Å². The number of fused-ring (bicyclic) bond motifs is 1. The number of rotatable bonds is 5. The lowest BCUT2D eigenvalue weighted by Gasteiger charge is -2.14. The van der Waals surface area contributed by atoms with Gasteiger partial charge in [0.25, 0.3) is 0 Å². The molecule has 1 atom stereocenters. The molecule has 3 rings (SSSR count). The van der Waals surface area contributed by atoms with Gasteiger partial charge in [-0.15, -0.1) is 11.8 Å². The Morgan fingerprint density at radius 1 is 1.17 bits per heavy atom. The number of benzene rings is 2. The molecule has 3 nitrogen and oxygen atoms in total. The largest absolute Gasteiger partial charge is 0.337 e. The first-order valence-corrected chi connectivity index (χ1v) is 9.09. The summed E-state index contributed by atoms with van der Waals surface area (Å²) in [5.74, 6) is 0.830. The van der Waals surface area contributed by atoms with Crippen molar-refractivity contribution in [1.82, 2.24) is 10.6 Å². The van der Waals surface area contributed by atoms with E-state index in [1.54, 1.807) is 11.8 Å². The van der Waals surface area contributed by atoms with E-state index < -0.39 is 0 Å². The molecule has 1 unspecified atom stereocenters. The molecule has 0 aliphatic heterocycles. The van der Waals surface area contributed by atoms with E-state index in [9.17, 15) is 4.79 Å². The number of halogens is 1. The summed E-state index contributed by atoms with van der Waals surface area (Å²) in [5, 5.41) is 6.73. The molecule has 1 aliphatic carbocycles. The second kappa shape index (κ2) is 7.75. The Kier molecular flexibility index (Phi) is 5.47. The molecular formula is C18H19ClN2OS. The third-order valence-corrected chi connectivity index (χ3v) is 5.17. The minimum atomic E-state index is -0.0941. The highest BCUT2D eigenvalue weighted by Crippen LogP contribution is 2.30. The summed E-state index contributed by atoms with van der Waals surface area (Å²) in [6.07, 6.45) is 2.01. The van der Waals surface area contributed by atoms with Crippen molar-refractivity contribution in [2.75, 3.05) is 12.3 Å². The molecule has 0 saturated heterocycles. The standard InChI is InChI=1S/C18H19ClN2OS/c19-14-6-8-15(9-7-14)23-12-11-20-18(22)21-17-10-5-13-3-1-2-4-16(13)17/h1-4,6-9,17H,5,10-12H2,(H2,20,21,22). The molecule has 2 aromatic carbocycles. The van der Waals surface area contributed by atoms with E-state index in [2.05, 4.69) is 28.8 Å². The van der Waals surface area contributed by atoms with Crippen molar-refractivity contribution in [2.24, 2.45) is 0 Å². The summed E-state index contributed by atoms with van der Waals surface area (Å²) in [4.78, 5) is 13.2. The van der Waals surface area contributed by atoms with Crippen molar-refractivity contribution in [3.63, 3.8) is 0 Å². The highest BCUT2D eigenvalue weighted by atomic mass is 35.5. The lowest BCUT2D eigenvalue weighted by molar-refractivity contribution is 0.237. The second-order valence-electron chi connectivity index (χ2n) is 5.49. The zero-order valence-electron chi connectivity index (χ0n) is 12.7. The molecule has 0 aromatic heterocycles. The Balaban J connectivity index is 1.40. The molecular weight excluding hydrogens is 328 g/mol. The maximum absolute atomic E-state index is 12.0. The third kappa shape index (κ3) is 4.43. The number of nitrogens with one attached hydrogen (secondary N) is 2. The van der Waals surface area contributed by atoms with Gasteiger partial charge in [0.1, 0.15) is 0 Å². The zero-order valence-corrected chi connectivity index (χ0v) is 14.3. The normalized spacial score (nSPS) is 16.0. The monoisotopic (exact) mass is 346 g/mol. The SMILES string of the molecule is O=C(NCCSc1ccc(Cl)cc1)NC1CCc2ccccc21. The van der Waals surface area contributed by atoms with Crippen molar-refractivity contribution in [3.8, 4) is 0 Å². The van der Waals surface area contributed by atoms with Crippen molar-refractivity contribution in [1.29, 1.82) is 0 Å². The molecule has 2 amide bonds. The number of hydrogen-bond acceptors (Lipinski definition) is 2. The van der Waals surface area contributed by atoms with Crippen LogP contribution in [0.5, 0.6) is 0 Å². The highest BCUT2D eigenvalue weighted by Gasteiger charge is 2.22. The minimum Gasteiger partial charge on any atom is -0.337 e. The second-order valence-corrected chi connectivity index (χ2v) is 7.10. The Hall–Kier alpha value is -1.65. The fourth-order valence-electron chi connectivity index (χ4n) is 2.78. The molecule has 0 saturated carbocycles. The van der Waals surface area contributed by atoms with Crippen LogP contribution in [0.4, 0.5) is 4.79 Å². The summed E-state index contributed by atoms with van der Waals surface area (Å²) in [5.41, 5.74) is 2.59. The van der Waals surface area contributed by atoms with Crippen LogP contribution in [0.25, 0.3) is 0 Å². The van der Waals surface area contributed by atoms with Crippen molar-refractivity contribution >= 4 is 29.4 Å². The van der Waals surface area contributed by atoms with Crippen molar-refractivity contribution < 1.29 is 4.79 Å². The highest BCUT2D eigenvalue weighted by molar-refractivity contribution is 7.99. The van der Waals surface area contributed by atoms with Crippen LogP contribution in [0.15, 0.2) is 53.4 Å². The summed E-state index contributed by atoms with van der Waals surface area (Å²) in [7, 11) is 0. The van der Waals surface area contributed by atoms with Crippen LogP contribution >= 0.6 is 23.4 Å². The van der Waals surface area contributed by atoms with Crippen LogP contribution in [-0.2, 0) is 6.42 Å². The minimum absolute atomic E-state index is 0.0941. The molecule has 0 spiro atoms. The molecule has 23 heavy (non-hydrogen) atoms. The third-order valence-electron chi connectivity index (χ3n) is 3.91. The van der Waals surface area contributed by atoms with Gasteiger partial charge in [0.15, 0.2) is 0 Å². The van der Waals surface area contributed by atoms with Crippen LogP contribution in [0.3, 0.4) is 0 Å². The first-order valence-electron chi connectivity index (χ1n) is 7.73. The Morgan fingerprint density at radius 3 is 2.78 bits per heavy atom. The average molecular weight is 347 g/mol. The van der Waals surface area contributed by atoms with Gasteiger partial charge in [0.2, 0.25) is 0 Å². The number of thioether (sulfide) groups is 1. The summed E-state index contributed by atoms with van der Waals surface area (Å²) in [6, 6.07) is 16.1. The fourth-order valence-corrected chi connectivity index (χ4v) is 3.67. The summed E-state index contributed by atoms with van der Waals surface area (Å²) < 4.78 is 0. The zero-order chi connectivity index (χ0) is 16.1. The molecule has 1 aliphatic rings. The summed E-state index contributed by atoms with van der Waals surface area (Å²) in [6.45, 7) is 0.632. The lowest BCUT2D eigenvalue weighted by Crippen LogP contribution is -2.38. The number of urea groups is 1. The first-order chi connectivity index (χ1) is 11.2. The van der Waals surface area contributed by atoms with E-state index in [-0.39, 0.29) is 12.1 Å². The molecule has 0 radical (unpaired) electrons. The molecule has 2 N–H and O–H groups in total. The quantitative estimate of drug-likeness (QED) is 0.621. The van der Waals surface area contributed by atoms with Crippen LogP contribution in [0.2, 0.25) is 5.02 Å². The van der Waals surface area contributed by atoms with Gasteiger partial charge >= 0.3 is 6.03 Å². The lowest BCUT2D eigenvalue weighted by atomic mass is 10.1. The van der Waals surface area contributed by atoms with Gasteiger partial charge in [0.05, 0.1) is 6.04 Å². The maximum Gasteiger partial charge on any atom is 0.315 e. The van der Waals surface area contributed by atoms with Crippen LogP contribution < -0.4 is 10.6 Å². The molecule has 0 heterocycles. The van der Waals surface area contributed by atoms with Crippen LogP contribution in [-0.4, -0.2) is 18.3 Å². The van der Waals surface area contributed by atoms with E-state index in [1.807, 2.05) is 30.3 Å². The van der Waals surface area contributed by atoms with Gasteiger partial charge in [-0.1, -0.05) is 35.9 Å². The smallest absolute Gasteiger partial charge is 0.315 e. The molecule has 120 valence electrons. The van der Waals surface area contributed by atoms with Gasteiger partial charge in [0, 0.05) is 22.2 Å². The van der Waals surface area contributed by atoms with E-state index in [1.165, 1.54) is 11.1 Å². The topological polar surface area (TPSA) is 41.1 Å². The number of amides is 2. The van der Waals surface area contributed by atoms with Gasteiger partial charge in [-0.3, -0.25) is 0 Å². The Morgan fingerprint density at radius 2 is 1.96 bits per heavy atom. The summed E-state index contributed by atoms with van der Waals surface area (Å²) >= 11 is 7.56. The van der Waals surface area contributed by atoms with Gasteiger partial charge < -0.3 is 10.6 Å². The predicted molar refractivity (Wildman–Crippen MR) is 96.2 cm³/mol. The van der Waals surface area contributed by atoms with E-state index in [0.29, 0.717) is 6.54 Å². The van der Waals surface area contributed by atoms with Gasteiger partial charge in [-0.25, -0.2) is 4.79 Å². The molecule has 5 heteroatoms. The van der Waals surface area contributed by atoms with E-state index in [0.717, 1.165) is 28.5 Å². The van der Waals surface area contributed by atoms with Gasteiger partial charge in [-0.2, -0.15) is 0 Å². The fraction of sp³-hybridized carbons (Fsp3) is 0.278. The number of carbonyl (C=O) groups excluding carboxylic acids is 1. The molecule has 0 bridgehead atoms. The van der Waals surface area contributed by atoms with Crippen molar-refractivity contribution in [2.45, 2.75) is 23.8 Å². The van der Waals surface area contributed by atoms with E-state index >= 15 is 0 Å².